The molecule has 2 aromatic heterocycles. The maximum atomic E-state index is 12.0. The third-order valence-corrected chi connectivity index (χ3v) is 3.87. The highest BCUT2D eigenvalue weighted by molar-refractivity contribution is 7.98. The number of pyridine rings is 1. The van der Waals surface area contributed by atoms with Crippen molar-refractivity contribution in [2.45, 2.75) is 18.9 Å². The molecule has 0 saturated carbocycles. The van der Waals surface area contributed by atoms with Gasteiger partial charge in [0.25, 0.3) is 5.56 Å². The van der Waals surface area contributed by atoms with Gasteiger partial charge in [-0.3, -0.25) is 9.48 Å². The fourth-order valence-corrected chi connectivity index (χ4v) is 2.75. The fourth-order valence-electron chi connectivity index (χ4n) is 2.22. The second-order valence-electron chi connectivity index (χ2n) is 4.42. The van der Waals surface area contributed by atoms with Gasteiger partial charge in [-0.25, -0.2) is 0 Å². The smallest absolute Gasteiger partial charge is 0.253 e. The summed E-state index contributed by atoms with van der Waals surface area (Å²) in [6.45, 7) is 3.85. The lowest BCUT2D eigenvalue weighted by atomic mass is 10.1. The predicted molar refractivity (Wildman–Crippen MR) is 75.1 cm³/mol. The molecule has 0 aliphatic heterocycles. The topological polar surface area (TPSA) is 39.8 Å². The summed E-state index contributed by atoms with van der Waals surface area (Å²) in [6.07, 6.45) is 2.02. The van der Waals surface area contributed by atoms with Crippen molar-refractivity contribution in [1.82, 2.24) is 14.3 Å². The molecular weight excluding hydrogens is 246 g/mol. The Labute approximate surface area is 111 Å². The number of aryl methyl sites for hydroxylation is 3. The number of nitrogens with zero attached hydrogens (tertiary/aromatic N) is 3. The molecule has 0 aliphatic rings. The first kappa shape index (κ1) is 13.0. The second kappa shape index (κ2) is 4.65. The zero-order valence-electron chi connectivity index (χ0n) is 11.3. The van der Waals surface area contributed by atoms with Crippen molar-refractivity contribution in [3.05, 3.63) is 33.6 Å². The normalized spacial score (nSPS) is 10.9. The molecule has 96 valence electrons. The Morgan fingerprint density at radius 2 is 1.83 bits per heavy atom. The zero-order chi connectivity index (χ0) is 13.4. The zero-order valence-corrected chi connectivity index (χ0v) is 12.1. The van der Waals surface area contributed by atoms with Crippen LogP contribution in [0.2, 0.25) is 0 Å². The van der Waals surface area contributed by atoms with Gasteiger partial charge in [0.15, 0.2) is 0 Å². The molecule has 2 rings (SSSR count). The molecule has 2 aromatic rings. The van der Waals surface area contributed by atoms with Crippen LogP contribution in [-0.4, -0.2) is 20.6 Å². The number of aromatic nitrogens is 3. The van der Waals surface area contributed by atoms with Crippen LogP contribution in [0.25, 0.3) is 11.4 Å². The Bertz CT molecular complexity index is 655. The third-order valence-electron chi connectivity index (χ3n) is 3.07. The van der Waals surface area contributed by atoms with Gasteiger partial charge in [-0.1, -0.05) is 0 Å². The Morgan fingerprint density at radius 1 is 1.17 bits per heavy atom. The van der Waals surface area contributed by atoms with Crippen molar-refractivity contribution in [2.24, 2.45) is 14.1 Å². The molecule has 4 nitrogen and oxygen atoms in total. The second-order valence-corrected chi connectivity index (χ2v) is 5.25. The van der Waals surface area contributed by atoms with E-state index in [1.165, 1.54) is 0 Å². The van der Waals surface area contributed by atoms with E-state index in [9.17, 15) is 4.79 Å². The first-order valence-corrected chi connectivity index (χ1v) is 6.93. The Balaban J connectivity index is 2.71. The minimum atomic E-state index is 0.0342. The van der Waals surface area contributed by atoms with E-state index in [0.29, 0.717) is 0 Å². The lowest BCUT2D eigenvalue weighted by Crippen LogP contribution is -2.21. The third kappa shape index (κ3) is 1.99. The molecule has 0 saturated heterocycles. The fraction of sp³-hybridized carbons (Fsp3) is 0.385. The van der Waals surface area contributed by atoms with Gasteiger partial charge in [0.1, 0.15) is 5.69 Å². The number of hydrogen-bond donors (Lipinski definition) is 0. The molecule has 0 aliphatic carbocycles. The highest BCUT2D eigenvalue weighted by Gasteiger charge is 2.13. The number of hydrogen-bond acceptors (Lipinski definition) is 3. The van der Waals surface area contributed by atoms with Crippen LogP contribution in [0, 0.1) is 13.8 Å². The van der Waals surface area contributed by atoms with Crippen LogP contribution < -0.4 is 5.56 Å². The van der Waals surface area contributed by atoms with E-state index in [1.807, 2.05) is 44.0 Å². The molecular formula is C13H17N3OS. The van der Waals surface area contributed by atoms with Crippen molar-refractivity contribution in [3.63, 3.8) is 0 Å². The van der Waals surface area contributed by atoms with Gasteiger partial charge in [-0.05, 0) is 37.8 Å². The Morgan fingerprint density at radius 3 is 2.39 bits per heavy atom. The van der Waals surface area contributed by atoms with Crippen molar-refractivity contribution in [3.8, 4) is 11.4 Å². The standard InChI is InChI=1S/C13H17N3OS/c1-8-6-9(2)13(17)15(3)12(8)10-7-11(18-5)16(4)14-10/h6-7H,1-5H3. The maximum absolute atomic E-state index is 12.0. The summed E-state index contributed by atoms with van der Waals surface area (Å²) >= 11 is 1.64. The first-order valence-electron chi connectivity index (χ1n) is 5.71. The van der Waals surface area contributed by atoms with Crippen molar-refractivity contribution in [1.29, 1.82) is 0 Å². The van der Waals surface area contributed by atoms with Crippen LogP contribution in [0.1, 0.15) is 11.1 Å². The van der Waals surface area contributed by atoms with Crippen LogP contribution in [0.3, 0.4) is 0 Å². The van der Waals surface area contributed by atoms with Gasteiger partial charge in [-0.15, -0.1) is 11.8 Å². The quantitative estimate of drug-likeness (QED) is 0.779. The van der Waals surface area contributed by atoms with E-state index in [2.05, 4.69) is 5.10 Å². The molecule has 0 bridgehead atoms. The van der Waals surface area contributed by atoms with E-state index >= 15 is 0 Å². The van der Waals surface area contributed by atoms with Gasteiger partial charge < -0.3 is 4.57 Å². The summed E-state index contributed by atoms with van der Waals surface area (Å²) in [7, 11) is 3.71. The minimum Gasteiger partial charge on any atom is -0.309 e. The largest absolute Gasteiger partial charge is 0.309 e. The Kier molecular flexibility index (Phi) is 3.34. The summed E-state index contributed by atoms with van der Waals surface area (Å²) in [4.78, 5) is 12.0. The molecule has 18 heavy (non-hydrogen) atoms. The summed E-state index contributed by atoms with van der Waals surface area (Å²) in [5.41, 5.74) is 3.60. The van der Waals surface area contributed by atoms with Gasteiger partial charge in [0.05, 0.1) is 10.7 Å². The van der Waals surface area contributed by atoms with E-state index in [0.717, 1.165) is 27.5 Å². The van der Waals surface area contributed by atoms with E-state index in [1.54, 1.807) is 23.4 Å². The number of rotatable bonds is 2. The average Bonchev–Trinajstić information content (AvgIpc) is 2.67. The van der Waals surface area contributed by atoms with Gasteiger partial charge in [0.2, 0.25) is 0 Å². The number of thioether (sulfide) groups is 1. The Hall–Kier alpha value is -1.49. The predicted octanol–water partition coefficient (Wildman–Crippen LogP) is 2.12. The molecule has 0 aromatic carbocycles. The maximum Gasteiger partial charge on any atom is 0.253 e. The van der Waals surface area contributed by atoms with Crippen LogP contribution in [0.15, 0.2) is 22.0 Å². The summed E-state index contributed by atoms with van der Waals surface area (Å²) < 4.78 is 3.51. The summed E-state index contributed by atoms with van der Waals surface area (Å²) in [5.74, 6) is 0. The molecule has 0 N–H and O–H groups in total. The van der Waals surface area contributed by atoms with Gasteiger partial charge >= 0.3 is 0 Å². The lowest BCUT2D eigenvalue weighted by molar-refractivity contribution is 0.699. The molecule has 0 unspecified atom stereocenters. The summed E-state index contributed by atoms with van der Waals surface area (Å²) in [6, 6.07) is 3.94. The average molecular weight is 263 g/mol. The SMILES string of the molecule is CSc1cc(-c2c(C)cc(C)c(=O)n2C)nn1C. The van der Waals surface area contributed by atoms with Crippen molar-refractivity contribution < 1.29 is 0 Å². The minimum absolute atomic E-state index is 0.0342. The molecule has 5 heteroatoms. The van der Waals surface area contributed by atoms with Crippen LogP contribution in [0.4, 0.5) is 0 Å². The molecule has 0 radical (unpaired) electrons. The molecule has 2 heterocycles. The highest BCUT2D eigenvalue weighted by atomic mass is 32.2. The van der Waals surface area contributed by atoms with Crippen molar-refractivity contribution in [2.75, 3.05) is 6.26 Å². The van der Waals surface area contributed by atoms with Gasteiger partial charge in [0, 0.05) is 19.7 Å². The van der Waals surface area contributed by atoms with Crippen LogP contribution in [0.5, 0.6) is 0 Å². The van der Waals surface area contributed by atoms with Crippen LogP contribution >= 0.6 is 11.8 Å². The molecule has 0 atom stereocenters. The van der Waals surface area contributed by atoms with Gasteiger partial charge in [-0.2, -0.15) is 5.10 Å². The highest BCUT2D eigenvalue weighted by Crippen LogP contribution is 2.25. The van der Waals surface area contributed by atoms with Crippen LogP contribution in [-0.2, 0) is 14.1 Å². The van der Waals surface area contributed by atoms with E-state index in [4.69, 9.17) is 0 Å². The molecule has 0 spiro atoms. The summed E-state index contributed by atoms with van der Waals surface area (Å²) in [5, 5.41) is 5.56. The van der Waals surface area contributed by atoms with Crippen molar-refractivity contribution >= 4 is 11.8 Å². The molecule has 0 fully saturated rings. The first-order chi connectivity index (χ1) is 8.45. The monoisotopic (exact) mass is 263 g/mol. The van der Waals surface area contributed by atoms with E-state index in [-0.39, 0.29) is 5.56 Å². The van der Waals surface area contributed by atoms with E-state index < -0.39 is 0 Å². The lowest BCUT2D eigenvalue weighted by Gasteiger charge is -2.10. The molecule has 0 amide bonds.